The molecule has 0 radical (unpaired) electrons. The van der Waals surface area contributed by atoms with Crippen LogP contribution in [-0.2, 0) is 0 Å². The lowest BCUT2D eigenvalue weighted by Gasteiger charge is -2.09. The second kappa shape index (κ2) is 22.7. The van der Waals surface area contributed by atoms with E-state index in [4.69, 9.17) is 0 Å². The summed E-state index contributed by atoms with van der Waals surface area (Å²) in [4.78, 5) is 0. The van der Waals surface area contributed by atoms with Crippen molar-refractivity contribution in [2.75, 3.05) is 0 Å². The van der Waals surface area contributed by atoms with Crippen LogP contribution in [0.3, 0.4) is 0 Å². The molecule has 0 aromatic carbocycles. The first-order valence-electron chi connectivity index (χ1n) is 11.3. The van der Waals surface area contributed by atoms with Gasteiger partial charge in [0, 0.05) is 0 Å². The highest BCUT2D eigenvalue weighted by molar-refractivity contribution is 5.27. The van der Waals surface area contributed by atoms with Crippen molar-refractivity contribution in [2.24, 2.45) is 0 Å². The van der Waals surface area contributed by atoms with Crippen LogP contribution in [0.4, 0.5) is 0 Å². The molecule has 0 saturated heterocycles. The van der Waals surface area contributed by atoms with Gasteiger partial charge in [-0.25, -0.2) is 0 Å². The summed E-state index contributed by atoms with van der Waals surface area (Å²) in [6.07, 6.45) is 21.7. The van der Waals surface area contributed by atoms with Gasteiger partial charge in [-0.05, 0) is 78.2 Å². The average Bonchev–Trinajstić information content (AvgIpc) is 2.64. The minimum absolute atomic E-state index is 0. The van der Waals surface area contributed by atoms with Crippen molar-refractivity contribution in [3.8, 4) is 0 Å². The molecule has 0 unspecified atom stereocenters. The topological polar surface area (TPSA) is 0 Å². The third-order valence-corrected chi connectivity index (χ3v) is 4.29. The second-order valence-corrected chi connectivity index (χ2v) is 7.95. The van der Waals surface area contributed by atoms with Crippen LogP contribution >= 0.6 is 0 Å². The Morgan fingerprint density at radius 2 is 1.52 bits per heavy atom. The minimum Gasteiger partial charge on any atom is -0.0998 e. The summed E-state index contributed by atoms with van der Waals surface area (Å²) in [5.74, 6) is 0. The van der Waals surface area contributed by atoms with Gasteiger partial charge in [0.1, 0.15) is 0 Å². The summed E-state index contributed by atoms with van der Waals surface area (Å²) in [6, 6.07) is 0. The highest BCUT2D eigenvalue weighted by atomic mass is 14.1. The van der Waals surface area contributed by atoms with E-state index in [1.165, 1.54) is 60.0 Å². The third-order valence-electron chi connectivity index (χ3n) is 4.29. The van der Waals surface area contributed by atoms with Crippen molar-refractivity contribution < 1.29 is 0 Å². The van der Waals surface area contributed by atoms with Gasteiger partial charge in [0.15, 0.2) is 0 Å². The maximum atomic E-state index is 4.25. The van der Waals surface area contributed by atoms with Gasteiger partial charge < -0.3 is 0 Å². The fourth-order valence-electron chi connectivity index (χ4n) is 2.80. The Balaban J connectivity index is -0.00000158. The molecule has 0 spiro atoms. The van der Waals surface area contributed by atoms with Crippen molar-refractivity contribution >= 4 is 0 Å². The molecule has 0 aromatic rings. The molecule has 0 heterocycles. The first-order chi connectivity index (χ1) is 13.3. The van der Waals surface area contributed by atoms with Gasteiger partial charge in [-0.15, -0.1) is 0 Å². The molecule has 0 atom stereocenters. The highest BCUT2D eigenvalue weighted by Gasteiger charge is 2.00. The van der Waals surface area contributed by atoms with E-state index < -0.39 is 0 Å². The van der Waals surface area contributed by atoms with Crippen LogP contribution in [0.15, 0.2) is 71.4 Å². The molecule has 0 aliphatic carbocycles. The van der Waals surface area contributed by atoms with E-state index in [-0.39, 0.29) is 7.43 Å². The van der Waals surface area contributed by atoms with Gasteiger partial charge in [0.05, 0.1) is 0 Å². The van der Waals surface area contributed by atoms with E-state index in [1.807, 2.05) is 0 Å². The second-order valence-electron chi connectivity index (χ2n) is 7.95. The Bertz CT molecular complexity index is 534. The Kier molecular flexibility index (Phi) is 25.2. The van der Waals surface area contributed by atoms with Crippen molar-refractivity contribution in [1.82, 2.24) is 0 Å². The predicted molar refractivity (Wildman–Crippen MR) is 140 cm³/mol. The van der Waals surface area contributed by atoms with E-state index in [2.05, 4.69) is 92.0 Å². The predicted octanol–water partition coefficient (Wildman–Crippen LogP) is 10.7. The first kappa shape index (κ1) is 32.1. The van der Waals surface area contributed by atoms with E-state index in [1.54, 1.807) is 0 Å². The van der Waals surface area contributed by atoms with Gasteiger partial charge >= 0.3 is 0 Å². The molecular weight excluding hydrogens is 348 g/mol. The molecule has 0 amide bonds. The summed E-state index contributed by atoms with van der Waals surface area (Å²) >= 11 is 0. The van der Waals surface area contributed by atoms with Crippen LogP contribution in [0.2, 0.25) is 0 Å². The Morgan fingerprint density at radius 3 is 2.03 bits per heavy atom. The molecule has 0 aromatic heterocycles. The maximum Gasteiger partial charge on any atom is -0.0111 e. The van der Waals surface area contributed by atoms with Crippen molar-refractivity contribution in [3.63, 3.8) is 0 Å². The molecule has 0 aliphatic rings. The summed E-state index contributed by atoms with van der Waals surface area (Å²) < 4.78 is 0. The molecule has 0 heteroatoms. The largest absolute Gasteiger partial charge is 0.0998 e. The smallest absolute Gasteiger partial charge is 0.0111 e. The molecule has 0 aliphatic heterocycles. The highest BCUT2D eigenvalue weighted by Crippen LogP contribution is 2.20. The standard InChI is InChI=1S/C25H40.C3H8.CH4/c1-8-15-25(9-2)24(7)17-14-12-10-11-13-16-22(5)20-23(6)19-18-21(3)4;1-3-2;/h9,11,13,16,19H,3,7-8,10,12,14-15,17-18,20H2,1-2,4-6H3;3H2,1-2H3;1H4/b13-11-,22-16+,23-19-,25-9+;;. The zero-order valence-electron chi connectivity index (χ0n) is 20.2. The molecule has 0 fully saturated rings. The third kappa shape index (κ3) is 22.6. The summed E-state index contributed by atoms with van der Waals surface area (Å²) in [5, 5.41) is 0. The van der Waals surface area contributed by atoms with Crippen LogP contribution in [0.1, 0.15) is 114 Å². The number of hydrogen-bond acceptors (Lipinski definition) is 0. The molecule has 0 N–H and O–H groups in total. The van der Waals surface area contributed by atoms with Crippen LogP contribution in [0.25, 0.3) is 0 Å². The maximum absolute atomic E-state index is 4.25. The van der Waals surface area contributed by atoms with E-state index in [0.29, 0.717) is 0 Å². The molecule has 0 bridgehead atoms. The fraction of sp³-hybridized carbons (Fsp3) is 0.586. The first-order valence-corrected chi connectivity index (χ1v) is 11.3. The quantitative estimate of drug-likeness (QED) is 0.164. The summed E-state index contributed by atoms with van der Waals surface area (Å²) in [7, 11) is 0. The Morgan fingerprint density at radius 1 is 0.897 bits per heavy atom. The van der Waals surface area contributed by atoms with E-state index in [9.17, 15) is 0 Å². The Hall–Kier alpha value is -1.56. The molecule has 0 saturated carbocycles. The fourth-order valence-corrected chi connectivity index (χ4v) is 2.80. The van der Waals surface area contributed by atoms with Gasteiger partial charge in [0.25, 0.3) is 0 Å². The molecule has 0 rings (SSSR count). The van der Waals surface area contributed by atoms with Gasteiger partial charge in [-0.3, -0.25) is 0 Å². The van der Waals surface area contributed by atoms with Crippen LogP contribution in [0.5, 0.6) is 0 Å². The van der Waals surface area contributed by atoms with Crippen molar-refractivity contribution in [3.05, 3.63) is 71.4 Å². The number of rotatable bonds is 13. The van der Waals surface area contributed by atoms with Crippen LogP contribution < -0.4 is 0 Å². The Labute approximate surface area is 185 Å². The molecule has 29 heavy (non-hydrogen) atoms. The average molecular weight is 401 g/mol. The number of hydrogen-bond donors (Lipinski definition) is 0. The normalized spacial score (nSPS) is 12.3. The summed E-state index contributed by atoms with van der Waals surface area (Å²) in [6.45, 7) is 23.3. The van der Waals surface area contributed by atoms with Gasteiger partial charge in [-0.1, -0.05) is 107 Å². The van der Waals surface area contributed by atoms with Crippen molar-refractivity contribution in [1.29, 1.82) is 0 Å². The lowest BCUT2D eigenvalue weighted by Crippen LogP contribution is -1.89. The van der Waals surface area contributed by atoms with Gasteiger partial charge in [-0.2, -0.15) is 0 Å². The minimum atomic E-state index is 0. The monoisotopic (exact) mass is 400 g/mol. The summed E-state index contributed by atoms with van der Waals surface area (Å²) in [5.41, 5.74) is 6.85. The zero-order chi connectivity index (χ0) is 21.8. The lowest BCUT2D eigenvalue weighted by molar-refractivity contribution is 0.738. The van der Waals surface area contributed by atoms with Crippen molar-refractivity contribution in [2.45, 2.75) is 114 Å². The number of allylic oxidation sites excluding steroid dienone is 10. The SMILES string of the molecule is C.C=C(C)C/C=C(/C)C/C(C)=C/C=C\CCCCC(=C)/C(=C/C)CCC.CCC. The van der Waals surface area contributed by atoms with E-state index in [0.717, 1.165) is 25.7 Å². The van der Waals surface area contributed by atoms with Gasteiger partial charge in [0.2, 0.25) is 0 Å². The number of unbranched alkanes of at least 4 members (excludes halogenated alkanes) is 2. The van der Waals surface area contributed by atoms with Crippen LogP contribution in [0, 0.1) is 0 Å². The zero-order valence-corrected chi connectivity index (χ0v) is 20.2. The van der Waals surface area contributed by atoms with E-state index >= 15 is 0 Å². The molecule has 0 nitrogen and oxygen atoms in total. The molecular formula is C29H52. The lowest BCUT2D eigenvalue weighted by atomic mass is 9.97. The molecule has 168 valence electrons. The van der Waals surface area contributed by atoms with Crippen LogP contribution in [-0.4, -0.2) is 0 Å².